The minimum absolute atomic E-state index is 0.107. The Balaban J connectivity index is 5.20. The second-order valence-corrected chi connectivity index (χ2v) is 32.4. The average molecular weight is 1450 g/mol. The molecule has 0 aliphatic carbocycles. The van der Waals surface area contributed by atoms with E-state index in [4.69, 9.17) is 37.0 Å². The molecule has 0 amide bonds. The van der Waals surface area contributed by atoms with Crippen molar-refractivity contribution in [3.05, 3.63) is 0 Å². The first-order chi connectivity index (χ1) is 47.9. The van der Waals surface area contributed by atoms with Crippen LogP contribution in [0.15, 0.2) is 0 Å². The summed E-state index contributed by atoms with van der Waals surface area (Å²) in [4.78, 5) is 72.9. The molecule has 0 aromatic heterocycles. The molecule has 0 aromatic carbocycles. The smallest absolute Gasteiger partial charge is 0.462 e. The standard InChI is InChI=1S/C80H156O17P2/c1-7-10-12-14-16-18-20-22-23-24-25-26-27-28-29-30-32-34-40-46-53-59-65-80(85)96-75(68-90-77(82)62-56-50-44-38-36-35-37-43-49-55-61-73(6)9-3)70-94-98(86,87)92-66-74(81)67-93-99(88,89)95-71-76(69-91-78(83)63-57-51-47-41-42-48-54-60-72(4)5)97-79(84)64-58-52-45-39-33-31-21-19-17-15-13-11-8-2/h72-76,81H,7-71H2,1-6H3,(H,86,87)(H,88,89)/t73?,74-,75-,76-/m1/s1. The number of hydrogen-bond donors (Lipinski definition) is 3. The van der Waals surface area contributed by atoms with Gasteiger partial charge < -0.3 is 33.8 Å². The topological polar surface area (TPSA) is 237 Å². The fraction of sp³-hybridized carbons (Fsp3) is 0.950. The van der Waals surface area contributed by atoms with Gasteiger partial charge in [0.1, 0.15) is 19.3 Å². The molecule has 17 nitrogen and oxygen atoms in total. The number of phosphoric acid groups is 2. The van der Waals surface area contributed by atoms with E-state index in [-0.39, 0.29) is 25.7 Å². The summed E-state index contributed by atoms with van der Waals surface area (Å²) in [5, 5.41) is 10.6. The van der Waals surface area contributed by atoms with Gasteiger partial charge >= 0.3 is 39.5 Å². The minimum Gasteiger partial charge on any atom is -0.462 e. The molecule has 0 bridgehead atoms. The van der Waals surface area contributed by atoms with Crippen LogP contribution in [0, 0.1) is 11.8 Å². The van der Waals surface area contributed by atoms with Crippen molar-refractivity contribution in [1.29, 1.82) is 0 Å². The molecule has 0 saturated heterocycles. The number of aliphatic hydroxyl groups is 1. The fourth-order valence-corrected chi connectivity index (χ4v) is 13.9. The third-order valence-corrected chi connectivity index (χ3v) is 21.0. The highest BCUT2D eigenvalue weighted by atomic mass is 31.2. The van der Waals surface area contributed by atoms with Gasteiger partial charge in [-0.15, -0.1) is 0 Å². The molecule has 3 unspecified atom stereocenters. The Hall–Kier alpha value is -1.94. The summed E-state index contributed by atoms with van der Waals surface area (Å²) in [5.41, 5.74) is 0. The van der Waals surface area contributed by atoms with Gasteiger partial charge in [0.05, 0.1) is 26.4 Å². The molecule has 99 heavy (non-hydrogen) atoms. The largest absolute Gasteiger partial charge is 0.472 e. The predicted octanol–water partition coefficient (Wildman–Crippen LogP) is 23.9. The first-order valence-electron chi connectivity index (χ1n) is 41.5. The van der Waals surface area contributed by atoms with Crippen LogP contribution >= 0.6 is 15.6 Å². The molecular formula is C80H156O17P2. The van der Waals surface area contributed by atoms with Crippen LogP contribution in [0.2, 0.25) is 0 Å². The summed E-state index contributed by atoms with van der Waals surface area (Å²) in [7, 11) is -9.92. The molecule has 0 aliphatic rings. The second-order valence-electron chi connectivity index (χ2n) is 29.5. The predicted molar refractivity (Wildman–Crippen MR) is 405 cm³/mol. The third kappa shape index (κ3) is 72.8. The molecule has 6 atom stereocenters. The molecule has 0 heterocycles. The summed E-state index contributed by atoms with van der Waals surface area (Å²) >= 11 is 0. The molecule has 588 valence electrons. The monoisotopic (exact) mass is 1450 g/mol. The van der Waals surface area contributed by atoms with Crippen molar-refractivity contribution in [2.24, 2.45) is 11.8 Å². The Morgan fingerprint density at radius 2 is 0.515 bits per heavy atom. The van der Waals surface area contributed by atoms with Crippen molar-refractivity contribution < 1.29 is 80.2 Å². The zero-order valence-corrected chi connectivity index (χ0v) is 66.6. The van der Waals surface area contributed by atoms with Crippen molar-refractivity contribution >= 4 is 39.5 Å². The third-order valence-electron chi connectivity index (χ3n) is 19.1. The van der Waals surface area contributed by atoms with E-state index >= 15 is 0 Å². The van der Waals surface area contributed by atoms with Crippen LogP contribution in [0.5, 0.6) is 0 Å². The van der Waals surface area contributed by atoms with Gasteiger partial charge in [-0.3, -0.25) is 37.3 Å². The van der Waals surface area contributed by atoms with E-state index in [0.29, 0.717) is 31.6 Å². The first-order valence-corrected chi connectivity index (χ1v) is 44.5. The SMILES string of the molecule is CCCCCCCCCCCCCCCCCCCCCCCCC(=O)O[C@H](COC(=O)CCCCCCCCCCCCC(C)CC)COP(=O)(O)OC[C@@H](O)COP(=O)(O)OC[C@@H](COC(=O)CCCCCCCCCC(C)C)OC(=O)CCCCCCCCCCCCCCC. The zero-order valence-electron chi connectivity index (χ0n) is 64.8. The Bertz CT molecular complexity index is 1910. The highest BCUT2D eigenvalue weighted by Gasteiger charge is 2.30. The van der Waals surface area contributed by atoms with Crippen molar-refractivity contribution in [1.82, 2.24) is 0 Å². The lowest BCUT2D eigenvalue weighted by atomic mass is 9.99. The van der Waals surface area contributed by atoms with Crippen LogP contribution in [0.1, 0.15) is 420 Å². The summed E-state index contributed by atoms with van der Waals surface area (Å²) in [6, 6.07) is 0. The Morgan fingerprint density at radius 3 is 0.768 bits per heavy atom. The maximum Gasteiger partial charge on any atom is 0.472 e. The van der Waals surface area contributed by atoms with E-state index in [0.717, 1.165) is 102 Å². The number of unbranched alkanes of at least 4 members (excludes halogenated alkanes) is 48. The summed E-state index contributed by atoms with van der Waals surface area (Å²) in [6.07, 6.45) is 61.2. The molecule has 0 aromatic rings. The van der Waals surface area contributed by atoms with E-state index < -0.39 is 97.5 Å². The molecule has 0 aliphatic heterocycles. The molecular weight excluding hydrogens is 1290 g/mol. The number of hydrogen-bond acceptors (Lipinski definition) is 15. The number of phosphoric ester groups is 2. The lowest BCUT2D eigenvalue weighted by Gasteiger charge is -2.21. The number of ether oxygens (including phenoxy) is 4. The molecule has 3 N–H and O–H groups in total. The van der Waals surface area contributed by atoms with Gasteiger partial charge in [-0.1, -0.05) is 369 Å². The molecule has 0 saturated carbocycles. The van der Waals surface area contributed by atoms with Gasteiger partial charge in [-0.25, -0.2) is 9.13 Å². The summed E-state index contributed by atoms with van der Waals surface area (Å²) in [6.45, 7) is 9.59. The molecule has 0 radical (unpaired) electrons. The van der Waals surface area contributed by atoms with Crippen LogP contribution < -0.4 is 0 Å². The van der Waals surface area contributed by atoms with Crippen LogP contribution in [0.3, 0.4) is 0 Å². The highest BCUT2D eigenvalue weighted by Crippen LogP contribution is 2.45. The Labute approximate surface area is 607 Å². The maximum atomic E-state index is 13.1. The van der Waals surface area contributed by atoms with Gasteiger partial charge in [-0.05, 0) is 37.5 Å². The van der Waals surface area contributed by atoms with Crippen molar-refractivity contribution in [2.45, 2.75) is 439 Å². The van der Waals surface area contributed by atoms with Crippen molar-refractivity contribution in [2.75, 3.05) is 39.6 Å². The zero-order chi connectivity index (χ0) is 72.8. The molecule has 0 spiro atoms. The quantitative estimate of drug-likeness (QED) is 0.0222. The maximum absolute atomic E-state index is 13.1. The normalized spacial score (nSPS) is 14.2. The second kappa shape index (κ2) is 71.7. The average Bonchev–Trinajstić information content (AvgIpc) is 1.00. The van der Waals surface area contributed by atoms with Crippen LogP contribution in [-0.4, -0.2) is 96.7 Å². The van der Waals surface area contributed by atoms with E-state index in [1.807, 2.05) is 0 Å². The van der Waals surface area contributed by atoms with E-state index in [9.17, 15) is 43.2 Å². The van der Waals surface area contributed by atoms with Gasteiger partial charge in [0.15, 0.2) is 12.2 Å². The van der Waals surface area contributed by atoms with E-state index in [1.165, 1.54) is 231 Å². The molecule has 0 fully saturated rings. The minimum atomic E-state index is -4.96. The number of carbonyl (C=O) groups is 4. The van der Waals surface area contributed by atoms with Crippen molar-refractivity contribution in [3.8, 4) is 0 Å². The number of esters is 4. The van der Waals surface area contributed by atoms with E-state index in [2.05, 4.69) is 41.5 Å². The lowest BCUT2D eigenvalue weighted by Crippen LogP contribution is -2.30. The molecule has 19 heteroatoms. The summed E-state index contributed by atoms with van der Waals surface area (Å²) in [5.74, 6) is -0.597. The number of carbonyl (C=O) groups excluding carboxylic acids is 4. The van der Waals surface area contributed by atoms with Gasteiger partial charge in [0, 0.05) is 25.7 Å². The van der Waals surface area contributed by atoms with Gasteiger partial charge in [-0.2, -0.15) is 0 Å². The van der Waals surface area contributed by atoms with Crippen LogP contribution in [0.4, 0.5) is 0 Å². The molecule has 0 rings (SSSR count). The van der Waals surface area contributed by atoms with Gasteiger partial charge in [0.25, 0.3) is 0 Å². The Morgan fingerprint density at radius 1 is 0.293 bits per heavy atom. The number of rotatable bonds is 79. The van der Waals surface area contributed by atoms with Crippen LogP contribution in [-0.2, 0) is 65.4 Å². The number of aliphatic hydroxyl groups excluding tert-OH is 1. The van der Waals surface area contributed by atoms with Gasteiger partial charge in [0.2, 0.25) is 0 Å². The fourth-order valence-electron chi connectivity index (χ4n) is 12.3. The highest BCUT2D eigenvalue weighted by molar-refractivity contribution is 7.47. The Kier molecular flexibility index (Phi) is 70.3. The lowest BCUT2D eigenvalue weighted by molar-refractivity contribution is -0.161. The van der Waals surface area contributed by atoms with E-state index in [1.54, 1.807) is 0 Å². The van der Waals surface area contributed by atoms with Crippen molar-refractivity contribution in [3.63, 3.8) is 0 Å². The van der Waals surface area contributed by atoms with Crippen LogP contribution in [0.25, 0.3) is 0 Å². The first kappa shape index (κ1) is 97.1. The summed E-state index contributed by atoms with van der Waals surface area (Å²) < 4.78 is 68.6.